The Labute approximate surface area is 186 Å². The number of nitrogens with zero attached hydrogens (tertiary/aromatic N) is 1. The maximum Gasteiger partial charge on any atom is 0.254 e. The molecule has 1 atom stereocenters. The van der Waals surface area contributed by atoms with E-state index in [-0.39, 0.29) is 18.7 Å². The van der Waals surface area contributed by atoms with Crippen LogP contribution in [-0.4, -0.2) is 19.6 Å². The maximum absolute atomic E-state index is 14.5. The minimum Gasteiger partial charge on any atom is -0.497 e. The third kappa shape index (κ3) is 5.62. The van der Waals surface area contributed by atoms with E-state index in [2.05, 4.69) is 11.4 Å². The highest BCUT2D eigenvalue weighted by Gasteiger charge is 2.24. The Morgan fingerprint density at radius 3 is 2.53 bits per heavy atom. The van der Waals surface area contributed by atoms with Gasteiger partial charge in [-0.25, -0.2) is 4.39 Å². The highest BCUT2D eigenvalue weighted by atomic mass is 19.1. The molecule has 0 aliphatic heterocycles. The smallest absolute Gasteiger partial charge is 0.254 e. The summed E-state index contributed by atoms with van der Waals surface area (Å²) in [5, 5.41) is 12.0. The molecule has 3 aromatic rings. The van der Waals surface area contributed by atoms with Gasteiger partial charge in [-0.15, -0.1) is 0 Å². The van der Waals surface area contributed by atoms with Crippen LogP contribution >= 0.6 is 0 Å². The lowest BCUT2D eigenvalue weighted by Gasteiger charge is -2.19. The number of rotatable bonds is 9. The molecule has 6 nitrogen and oxygen atoms in total. The first kappa shape index (κ1) is 22.8. The standard InChI is InChI=1S/C25H23FN2O4/c1-3-31-24(21-12-11-20(30-2)14-22(21)26)25(29)28-16-18-10-9-17(15-27)13-23(18)32-19-7-5-4-6-8-19/h4-14,24H,3,16H2,1-2H3,(H,28,29)/t24-/m0/s1. The topological polar surface area (TPSA) is 80.6 Å². The average molecular weight is 434 g/mol. The minimum atomic E-state index is -1.12. The van der Waals surface area contributed by atoms with E-state index in [1.807, 2.05) is 18.2 Å². The van der Waals surface area contributed by atoms with Gasteiger partial charge in [0.2, 0.25) is 0 Å². The van der Waals surface area contributed by atoms with Gasteiger partial charge in [-0.2, -0.15) is 5.26 Å². The van der Waals surface area contributed by atoms with Crippen molar-refractivity contribution in [1.82, 2.24) is 5.32 Å². The lowest BCUT2D eigenvalue weighted by atomic mass is 10.1. The molecule has 32 heavy (non-hydrogen) atoms. The van der Waals surface area contributed by atoms with Crippen molar-refractivity contribution in [2.24, 2.45) is 0 Å². The lowest BCUT2D eigenvalue weighted by Crippen LogP contribution is -2.31. The van der Waals surface area contributed by atoms with Crippen molar-refractivity contribution in [3.8, 4) is 23.3 Å². The molecule has 0 fully saturated rings. The van der Waals surface area contributed by atoms with Gasteiger partial charge in [0.1, 0.15) is 23.1 Å². The van der Waals surface area contributed by atoms with Crippen LogP contribution < -0.4 is 14.8 Å². The molecule has 0 bridgehead atoms. The van der Waals surface area contributed by atoms with Crippen LogP contribution in [0.2, 0.25) is 0 Å². The largest absolute Gasteiger partial charge is 0.497 e. The summed E-state index contributed by atoms with van der Waals surface area (Å²) in [6.07, 6.45) is -1.12. The first-order valence-corrected chi connectivity index (χ1v) is 10.0. The molecular formula is C25H23FN2O4. The highest BCUT2D eigenvalue weighted by Crippen LogP contribution is 2.28. The molecule has 0 unspecified atom stereocenters. The van der Waals surface area contributed by atoms with Crippen molar-refractivity contribution < 1.29 is 23.4 Å². The molecule has 7 heteroatoms. The number of para-hydroxylation sites is 1. The molecule has 0 aliphatic carbocycles. The van der Waals surface area contributed by atoms with Crippen LogP contribution in [0, 0.1) is 17.1 Å². The number of carbonyl (C=O) groups excluding carboxylic acids is 1. The van der Waals surface area contributed by atoms with E-state index < -0.39 is 17.8 Å². The van der Waals surface area contributed by atoms with Crippen molar-refractivity contribution in [3.05, 3.63) is 89.2 Å². The Bertz CT molecular complexity index is 1110. The molecule has 0 heterocycles. The van der Waals surface area contributed by atoms with Gasteiger partial charge in [0.15, 0.2) is 6.10 Å². The van der Waals surface area contributed by atoms with Gasteiger partial charge in [-0.1, -0.05) is 24.3 Å². The van der Waals surface area contributed by atoms with E-state index in [4.69, 9.17) is 14.2 Å². The number of ether oxygens (including phenoxy) is 3. The maximum atomic E-state index is 14.5. The molecule has 0 radical (unpaired) electrons. The van der Waals surface area contributed by atoms with Crippen LogP contribution in [0.3, 0.4) is 0 Å². The Morgan fingerprint density at radius 2 is 1.88 bits per heavy atom. The molecule has 0 saturated heterocycles. The van der Waals surface area contributed by atoms with E-state index in [0.717, 1.165) is 0 Å². The Balaban J connectivity index is 1.79. The predicted molar refractivity (Wildman–Crippen MR) is 117 cm³/mol. The number of benzene rings is 3. The zero-order valence-corrected chi connectivity index (χ0v) is 17.8. The van der Waals surface area contributed by atoms with Crippen LogP contribution in [0.1, 0.15) is 29.7 Å². The fourth-order valence-electron chi connectivity index (χ4n) is 3.08. The Hall–Kier alpha value is -3.89. The SMILES string of the molecule is CCO[C@H](C(=O)NCc1ccc(C#N)cc1Oc1ccccc1)c1ccc(OC)cc1F. The van der Waals surface area contributed by atoms with Crippen molar-refractivity contribution >= 4 is 5.91 Å². The van der Waals surface area contributed by atoms with Gasteiger partial charge in [0, 0.05) is 30.3 Å². The molecular weight excluding hydrogens is 411 g/mol. The molecule has 0 aliphatic rings. The zero-order chi connectivity index (χ0) is 22.9. The monoisotopic (exact) mass is 434 g/mol. The van der Waals surface area contributed by atoms with Gasteiger partial charge in [-0.05, 0) is 43.3 Å². The Morgan fingerprint density at radius 1 is 1.09 bits per heavy atom. The number of hydrogen-bond donors (Lipinski definition) is 1. The number of amides is 1. The number of carbonyl (C=O) groups is 1. The van der Waals surface area contributed by atoms with Crippen LogP contribution in [-0.2, 0) is 16.1 Å². The number of hydrogen-bond acceptors (Lipinski definition) is 5. The summed E-state index contributed by atoms with van der Waals surface area (Å²) in [6.45, 7) is 2.06. The molecule has 1 amide bonds. The first-order valence-electron chi connectivity index (χ1n) is 10.0. The first-order chi connectivity index (χ1) is 15.5. The fraction of sp³-hybridized carbons (Fsp3) is 0.200. The third-order valence-electron chi connectivity index (χ3n) is 4.68. The number of nitrogens with one attached hydrogen (secondary N) is 1. The predicted octanol–water partition coefficient (Wildman–Crippen LogP) is 4.89. The van der Waals surface area contributed by atoms with E-state index in [1.165, 1.54) is 19.2 Å². The molecule has 0 aromatic heterocycles. The molecule has 3 aromatic carbocycles. The molecule has 0 saturated carbocycles. The quantitative estimate of drug-likeness (QED) is 0.519. The summed E-state index contributed by atoms with van der Waals surface area (Å²) in [5.41, 5.74) is 1.20. The molecule has 3 rings (SSSR count). The van der Waals surface area contributed by atoms with Crippen LogP contribution in [0.15, 0.2) is 66.7 Å². The normalized spacial score (nSPS) is 11.3. The van der Waals surface area contributed by atoms with Crippen LogP contribution in [0.4, 0.5) is 4.39 Å². The fourth-order valence-corrected chi connectivity index (χ4v) is 3.08. The van der Waals surface area contributed by atoms with Crippen LogP contribution in [0.5, 0.6) is 17.2 Å². The van der Waals surface area contributed by atoms with Crippen molar-refractivity contribution in [3.63, 3.8) is 0 Å². The van der Waals surface area contributed by atoms with Crippen molar-refractivity contribution in [1.29, 1.82) is 5.26 Å². The van der Waals surface area contributed by atoms with Gasteiger partial charge in [-0.3, -0.25) is 4.79 Å². The Kier molecular flexibility index (Phi) is 7.79. The lowest BCUT2D eigenvalue weighted by molar-refractivity contribution is -0.133. The summed E-state index contributed by atoms with van der Waals surface area (Å²) in [4.78, 5) is 12.9. The third-order valence-corrected chi connectivity index (χ3v) is 4.68. The molecule has 1 N–H and O–H groups in total. The number of nitriles is 1. The molecule has 0 spiro atoms. The van der Waals surface area contributed by atoms with Crippen molar-refractivity contribution in [2.45, 2.75) is 19.6 Å². The second-order valence-corrected chi connectivity index (χ2v) is 6.79. The van der Waals surface area contributed by atoms with Gasteiger partial charge < -0.3 is 19.5 Å². The summed E-state index contributed by atoms with van der Waals surface area (Å²) in [6, 6.07) is 20.4. The summed E-state index contributed by atoms with van der Waals surface area (Å²) < 4.78 is 31.0. The number of methoxy groups -OCH3 is 1. The zero-order valence-electron chi connectivity index (χ0n) is 17.8. The van der Waals surface area contributed by atoms with Crippen LogP contribution in [0.25, 0.3) is 0 Å². The van der Waals surface area contributed by atoms with E-state index in [1.54, 1.807) is 43.3 Å². The minimum absolute atomic E-state index is 0.105. The second-order valence-electron chi connectivity index (χ2n) is 6.79. The average Bonchev–Trinajstić information content (AvgIpc) is 2.82. The van der Waals surface area contributed by atoms with E-state index in [0.29, 0.717) is 28.4 Å². The molecule has 164 valence electrons. The summed E-state index contributed by atoms with van der Waals surface area (Å²) in [5.74, 6) is 0.305. The number of halogens is 1. The van der Waals surface area contributed by atoms with E-state index >= 15 is 0 Å². The second kappa shape index (κ2) is 10.9. The summed E-state index contributed by atoms with van der Waals surface area (Å²) >= 11 is 0. The van der Waals surface area contributed by atoms with E-state index in [9.17, 15) is 14.4 Å². The van der Waals surface area contributed by atoms with Gasteiger partial charge >= 0.3 is 0 Å². The van der Waals surface area contributed by atoms with Gasteiger partial charge in [0.05, 0.1) is 18.7 Å². The van der Waals surface area contributed by atoms with Crippen molar-refractivity contribution in [2.75, 3.05) is 13.7 Å². The summed E-state index contributed by atoms with van der Waals surface area (Å²) in [7, 11) is 1.44. The van der Waals surface area contributed by atoms with Gasteiger partial charge in [0.25, 0.3) is 5.91 Å². The highest BCUT2D eigenvalue weighted by molar-refractivity contribution is 5.82.